The van der Waals surface area contributed by atoms with Gasteiger partial charge in [0.15, 0.2) is 7.28 Å². The van der Waals surface area contributed by atoms with Gasteiger partial charge in [-0.2, -0.15) is 0 Å². The average molecular weight is 226 g/mol. The number of hydrogen-bond donors (Lipinski definition) is 0. The van der Waals surface area contributed by atoms with Crippen LogP contribution in [0.15, 0.2) is 29.2 Å². The van der Waals surface area contributed by atoms with Crippen molar-refractivity contribution < 1.29 is 0 Å². The third kappa shape index (κ3) is 3.89. The number of hydrogen-bond acceptors (Lipinski definition) is 0. The summed E-state index contributed by atoms with van der Waals surface area (Å²) in [7, 11) is 7.77. The Balaban J connectivity index is 2.51. The molecule has 0 aliphatic carbocycles. The maximum Gasteiger partial charge on any atom is 0.151 e. The molecule has 0 bridgehead atoms. The van der Waals surface area contributed by atoms with Gasteiger partial charge in [0.25, 0.3) is 0 Å². The lowest BCUT2D eigenvalue weighted by Crippen LogP contribution is -2.12. The largest absolute Gasteiger partial charge is 0.151 e. The Kier molecular flexibility index (Phi) is 5.35. The van der Waals surface area contributed by atoms with Crippen LogP contribution in [0.3, 0.4) is 0 Å². The molecule has 0 heterocycles. The zero-order valence-corrected chi connectivity index (χ0v) is 10.1. The summed E-state index contributed by atoms with van der Waals surface area (Å²) in [5.74, 6) is 3.80. The minimum atomic E-state index is -0.386. The summed E-state index contributed by atoms with van der Waals surface area (Å²) < 4.78 is 0. The highest BCUT2D eigenvalue weighted by Gasteiger charge is 1.96. The Morgan fingerprint density at radius 2 is 2.00 bits per heavy atom. The van der Waals surface area contributed by atoms with Crippen molar-refractivity contribution in [3.05, 3.63) is 24.3 Å². The molecule has 14 heavy (non-hydrogen) atoms. The highest BCUT2D eigenvalue weighted by molar-refractivity contribution is 8.33. The molecule has 0 nitrogen and oxygen atoms in total. The minimum absolute atomic E-state index is 0.386. The Hall–Kier alpha value is -0.205. The highest BCUT2D eigenvalue weighted by Crippen LogP contribution is 2.27. The van der Waals surface area contributed by atoms with E-state index in [1.165, 1.54) is 18.3 Å². The van der Waals surface area contributed by atoms with Crippen LogP contribution in [0.5, 0.6) is 0 Å². The summed E-state index contributed by atoms with van der Waals surface area (Å²) >= 11 is 0. The van der Waals surface area contributed by atoms with Crippen LogP contribution in [0.1, 0.15) is 19.8 Å². The fraction of sp³-hybridized carbons (Fsp3) is 0.364. The predicted octanol–water partition coefficient (Wildman–Crippen LogP) is 3.45. The first-order valence-corrected chi connectivity index (χ1v) is 7.09. The summed E-state index contributed by atoms with van der Waals surface area (Å²) in [4.78, 5) is 1.11. The van der Waals surface area contributed by atoms with Crippen LogP contribution >= 0.6 is 20.4 Å². The first-order chi connectivity index (χ1) is 6.74. The molecule has 1 aromatic carbocycles. The summed E-state index contributed by atoms with van der Waals surface area (Å²) in [5, 5.41) is 0. The van der Waals surface area contributed by atoms with Crippen LogP contribution in [0.4, 0.5) is 0 Å². The molecule has 0 saturated heterocycles. The van der Waals surface area contributed by atoms with E-state index in [1.807, 2.05) is 0 Å². The van der Waals surface area contributed by atoms with Gasteiger partial charge in [-0.25, -0.2) is 0 Å². The molecule has 0 saturated carbocycles. The number of rotatable bonds is 5. The van der Waals surface area contributed by atoms with Gasteiger partial charge in [-0.05, 0) is 22.8 Å². The quantitative estimate of drug-likeness (QED) is 0.409. The van der Waals surface area contributed by atoms with E-state index in [-0.39, 0.29) is 9.70 Å². The molecule has 0 aromatic heterocycles. The molecule has 0 aliphatic rings. The van der Waals surface area contributed by atoms with Crippen molar-refractivity contribution in [3.8, 4) is 0 Å². The van der Waals surface area contributed by atoms with E-state index in [0.29, 0.717) is 0 Å². The van der Waals surface area contributed by atoms with E-state index >= 15 is 0 Å². The summed E-state index contributed by atoms with van der Waals surface area (Å²) in [6.45, 7) is 2.21. The minimum Gasteiger partial charge on any atom is -0.0877 e. The molecule has 1 atom stereocenters. The van der Waals surface area contributed by atoms with E-state index in [2.05, 4.69) is 44.3 Å². The van der Waals surface area contributed by atoms with E-state index in [0.717, 1.165) is 11.2 Å². The van der Waals surface area contributed by atoms with Crippen molar-refractivity contribution in [3.63, 3.8) is 0 Å². The molecular formula is C11H15BClS. The van der Waals surface area contributed by atoms with Gasteiger partial charge in [-0.1, -0.05) is 59.2 Å². The highest BCUT2D eigenvalue weighted by atomic mass is 35.7. The monoisotopic (exact) mass is 225 g/mol. The fourth-order valence-electron chi connectivity index (χ4n) is 1.22. The third-order valence-corrected chi connectivity index (χ3v) is 3.39. The first kappa shape index (κ1) is 11.9. The lowest BCUT2D eigenvalue weighted by molar-refractivity contribution is 0.881. The van der Waals surface area contributed by atoms with Gasteiger partial charge in [-0.3, -0.25) is 0 Å². The van der Waals surface area contributed by atoms with E-state index in [9.17, 15) is 0 Å². The predicted molar refractivity (Wildman–Crippen MR) is 70.4 cm³/mol. The van der Waals surface area contributed by atoms with Gasteiger partial charge >= 0.3 is 0 Å². The molecular weight excluding hydrogens is 210 g/mol. The van der Waals surface area contributed by atoms with Gasteiger partial charge in [0.1, 0.15) is 0 Å². The molecule has 1 radical (unpaired) electrons. The van der Waals surface area contributed by atoms with Crippen molar-refractivity contribution >= 4 is 39.0 Å². The van der Waals surface area contributed by atoms with Gasteiger partial charge in [-0.15, -0.1) is 0 Å². The maximum absolute atomic E-state index is 5.89. The molecule has 0 amide bonds. The zero-order chi connectivity index (χ0) is 10.4. The second kappa shape index (κ2) is 6.31. The van der Waals surface area contributed by atoms with Crippen LogP contribution in [0.2, 0.25) is 6.32 Å². The lowest BCUT2D eigenvalue weighted by atomic mass is 9.66. The second-order valence-electron chi connectivity index (χ2n) is 3.25. The normalized spacial score (nSPS) is 12.4. The van der Waals surface area contributed by atoms with Gasteiger partial charge < -0.3 is 0 Å². The van der Waals surface area contributed by atoms with E-state index < -0.39 is 0 Å². The second-order valence-corrected chi connectivity index (χ2v) is 5.50. The topological polar surface area (TPSA) is 0 Å². The average Bonchev–Trinajstić information content (AvgIpc) is 2.19. The summed E-state index contributed by atoms with van der Waals surface area (Å²) in [5.41, 5.74) is 1.28. The number of benzene rings is 1. The lowest BCUT2D eigenvalue weighted by Gasteiger charge is -2.01. The molecule has 1 unspecified atom stereocenters. The van der Waals surface area contributed by atoms with Crippen LogP contribution in [0.25, 0.3) is 0 Å². The van der Waals surface area contributed by atoms with Crippen molar-refractivity contribution in [2.45, 2.75) is 31.0 Å². The standard InChI is InChI=1S/C11H15BClS/c1-3-4-9-12-10-5-7-11(8-6-10)14(2)13/h5-8H,2-4,9H2,1H3. The smallest absolute Gasteiger partial charge is 0.0877 e. The van der Waals surface area contributed by atoms with Gasteiger partial charge in [0.05, 0.1) is 0 Å². The molecule has 0 aliphatic heterocycles. The molecule has 3 heteroatoms. The molecule has 0 fully saturated rings. The number of halogens is 1. The van der Waals surface area contributed by atoms with Crippen LogP contribution in [0, 0.1) is 0 Å². The SMILES string of the molecule is C=S(Cl)c1ccc([B]CCCC)cc1. The van der Waals surface area contributed by atoms with Gasteiger partial charge in [0.2, 0.25) is 0 Å². The maximum atomic E-state index is 5.89. The van der Waals surface area contributed by atoms with Crippen molar-refractivity contribution in [1.29, 1.82) is 0 Å². The first-order valence-electron chi connectivity index (χ1n) is 4.87. The molecule has 1 aromatic rings. The molecule has 75 valence electrons. The Labute approximate surface area is 94.3 Å². The fourth-order valence-corrected chi connectivity index (χ4v) is 1.96. The Morgan fingerprint density at radius 1 is 1.36 bits per heavy atom. The van der Waals surface area contributed by atoms with Crippen LogP contribution in [-0.2, 0) is 0 Å². The number of unbranched alkanes of at least 4 members (excludes halogenated alkanes) is 1. The third-order valence-electron chi connectivity index (χ3n) is 2.07. The van der Waals surface area contributed by atoms with Crippen molar-refractivity contribution in [1.82, 2.24) is 0 Å². The summed E-state index contributed by atoms with van der Waals surface area (Å²) in [6, 6.07) is 8.33. The Morgan fingerprint density at radius 3 is 2.50 bits per heavy atom. The van der Waals surface area contributed by atoms with E-state index in [4.69, 9.17) is 10.7 Å². The van der Waals surface area contributed by atoms with Crippen LogP contribution in [-0.4, -0.2) is 13.1 Å². The molecule has 0 N–H and O–H groups in total. The van der Waals surface area contributed by atoms with Crippen molar-refractivity contribution in [2.75, 3.05) is 0 Å². The molecule has 0 spiro atoms. The Bertz CT molecular complexity index is 295. The molecule has 1 rings (SSSR count). The zero-order valence-electron chi connectivity index (χ0n) is 8.50. The van der Waals surface area contributed by atoms with Gasteiger partial charge in [0, 0.05) is 4.90 Å². The van der Waals surface area contributed by atoms with E-state index in [1.54, 1.807) is 0 Å². The van der Waals surface area contributed by atoms with Crippen molar-refractivity contribution in [2.24, 2.45) is 0 Å². The van der Waals surface area contributed by atoms with Crippen LogP contribution < -0.4 is 5.46 Å². The summed E-state index contributed by atoms with van der Waals surface area (Å²) in [6.07, 6.45) is 3.67.